The number of hydrogen-bond donors (Lipinski definition) is 3. The van der Waals surface area contributed by atoms with Crippen molar-refractivity contribution in [3.8, 4) is 11.5 Å². The lowest BCUT2D eigenvalue weighted by molar-refractivity contribution is 0.0977. The van der Waals surface area contributed by atoms with Gasteiger partial charge < -0.3 is 15.2 Å². The van der Waals surface area contributed by atoms with E-state index in [1.807, 2.05) is 37.3 Å². The van der Waals surface area contributed by atoms with Crippen LogP contribution in [0.5, 0.6) is 11.5 Å². The molecule has 1 amide bonds. The van der Waals surface area contributed by atoms with Crippen LogP contribution in [0, 0.1) is 6.92 Å². The third-order valence-electron chi connectivity index (χ3n) is 3.99. The molecule has 0 aliphatic rings. The molecule has 0 aromatic heterocycles. The number of phenols is 1. The number of aromatic hydroxyl groups is 1. The smallest absolute Gasteiger partial charge is 0.257 e. The highest BCUT2D eigenvalue weighted by Crippen LogP contribution is 2.23. The van der Waals surface area contributed by atoms with Gasteiger partial charge in [-0.3, -0.25) is 10.1 Å². The SMILES string of the molecule is Cc1ccc(O)c(NC(=S)NC(=O)c2ccc(OCc3ccccc3)cc2)c1. The molecule has 0 fully saturated rings. The van der Waals surface area contributed by atoms with Crippen molar-refractivity contribution in [1.29, 1.82) is 0 Å². The molecular formula is C22H20N2O3S. The quantitative estimate of drug-likeness (QED) is 0.443. The number of thiocarbonyl (C=S) groups is 1. The van der Waals surface area contributed by atoms with Crippen molar-refractivity contribution >= 4 is 28.9 Å². The normalized spacial score (nSPS) is 10.2. The zero-order valence-electron chi connectivity index (χ0n) is 15.3. The van der Waals surface area contributed by atoms with E-state index in [4.69, 9.17) is 17.0 Å². The summed E-state index contributed by atoms with van der Waals surface area (Å²) in [6, 6.07) is 21.7. The molecule has 3 N–H and O–H groups in total. The van der Waals surface area contributed by atoms with Gasteiger partial charge in [0.1, 0.15) is 18.1 Å². The fraction of sp³-hybridized carbons (Fsp3) is 0.0909. The summed E-state index contributed by atoms with van der Waals surface area (Å²) in [6.07, 6.45) is 0. The molecule has 3 aromatic rings. The first-order valence-electron chi connectivity index (χ1n) is 8.70. The lowest BCUT2D eigenvalue weighted by Gasteiger charge is -2.12. The molecule has 142 valence electrons. The van der Waals surface area contributed by atoms with E-state index in [2.05, 4.69) is 10.6 Å². The number of amides is 1. The Bertz CT molecular complexity index is 973. The second-order valence-corrected chi connectivity index (χ2v) is 6.64. The number of hydrogen-bond acceptors (Lipinski definition) is 4. The number of rotatable bonds is 5. The van der Waals surface area contributed by atoms with Gasteiger partial charge >= 0.3 is 0 Å². The first-order valence-corrected chi connectivity index (χ1v) is 9.11. The van der Waals surface area contributed by atoms with Crippen molar-refractivity contribution in [1.82, 2.24) is 5.32 Å². The second kappa shape index (κ2) is 9.01. The molecule has 6 heteroatoms. The summed E-state index contributed by atoms with van der Waals surface area (Å²) in [5.74, 6) is 0.382. The summed E-state index contributed by atoms with van der Waals surface area (Å²) in [5, 5.41) is 15.4. The summed E-state index contributed by atoms with van der Waals surface area (Å²) < 4.78 is 5.71. The summed E-state index contributed by atoms with van der Waals surface area (Å²) in [5.41, 5.74) is 2.92. The van der Waals surface area contributed by atoms with Gasteiger partial charge in [-0.15, -0.1) is 0 Å². The molecule has 0 saturated heterocycles. The zero-order chi connectivity index (χ0) is 19.9. The highest BCUT2D eigenvalue weighted by Gasteiger charge is 2.10. The van der Waals surface area contributed by atoms with Gasteiger partial charge in [0, 0.05) is 5.56 Å². The Morgan fingerprint density at radius 1 is 1.04 bits per heavy atom. The highest BCUT2D eigenvalue weighted by molar-refractivity contribution is 7.80. The number of carbonyl (C=O) groups excluding carboxylic acids is 1. The molecule has 0 aliphatic heterocycles. The molecule has 3 aromatic carbocycles. The van der Waals surface area contributed by atoms with Crippen molar-refractivity contribution in [2.24, 2.45) is 0 Å². The minimum Gasteiger partial charge on any atom is -0.506 e. The van der Waals surface area contributed by atoms with Crippen molar-refractivity contribution in [2.45, 2.75) is 13.5 Å². The van der Waals surface area contributed by atoms with Crippen LogP contribution < -0.4 is 15.4 Å². The van der Waals surface area contributed by atoms with Gasteiger partial charge in [-0.25, -0.2) is 0 Å². The number of benzene rings is 3. The van der Waals surface area contributed by atoms with Crippen molar-refractivity contribution < 1.29 is 14.6 Å². The van der Waals surface area contributed by atoms with Crippen LogP contribution in [-0.2, 0) is 6.61 Å². The Hall–Kier alpha value is -3.38. The van der Waals surface area contributed by atoms with Crippen LogP contribution >= 0.6 is 12.2 Å². The number of phenolic OH excluding ortho intramolecular Hbond substituents is 1. The molecule has 5 nitrogen and oxygen atoms in total. The van der Waals surface area contributed by atoms with E-state index in [0.717, 1.165) is 11.1 Å². The van der Waals surface area contributed by atoms with E-state index < -0.39 is 0 Å². The van der Waals surface area contributed by atoms with Crippen molar-refractivity contribution in [3.63, 3.8) is 0 Å². The van der Waals surface area contributed by atoms with Crippen molar-refractivity contribution in [2.75, 3.05) is 5.32 Å². The lowest BCUT2D eigenvalue weighted by Crippen LogP contribution is -2.34. The Morgan fingerprint density at radius 2 is 1.75 bits per heavy atom. The van der Waals surface area contributed by atoms with Gasteiger partial charge in [0.25, 0.3) is 5.91 Å². The maximum Gasteiger partial charge on any atom is 0.257 e. The zero-order valence-corrected chi connectivity index (χ0v) is 16.1. The third kappa shape index (κ3) is 5.31. The van der Waals surface area contributed by atoms with Crippen LogP contribution in [0.25, 0.3) is 0 Å². The molecule has 28 heavy (non-hydrogen) atoms. The molecule has 0 atom stereocenters. The molecule has 0 bridgehead atoms. The largest absolute Gasteiger partial charge is 0.506 e. The minimum absolute atomic E-state index is 0.0575. The van der Waals surface area contributed by atoms with Gasteiger partial charge in [-0.2, -0.15) is 0 Å². The van der Waals surface area contributed by atoms with Crippen LogP contribution in [0.1, 0.15) is 21.5 Å². The molecule has 0 radical (unpaired) electrons. The Kier molecular flexibility index (Phi) is 6.24. The summed E-state index contributed by atoms with van der Waals surface area (Å²) in [4.78, 5) is 12.3. The Balaban J connectivity index is 1.55. The second-order valence-electron chi connectivity index (χ2n) is 6.23. The lowest BCUT2D eigenvalue weighted by atomic mass is 10.2. The third-order valence-corrected chi connectivity index (χ3v) is 4.20. The van der Waals surface area contributed by atoms with Crippen LogP contribution in [0.3, 0.4) is 0 Å². The number of nitrogens with one attached hydrogen (secondary N) is 2. The summed E-state index contributed by atoms with van der Waals surface area (Å²) in [7, 11) is 0. The molecule has 0 spiro atoms. The van der Waals surface area contributed by atoms with E-state index in [-0.39, 0.29) is 16.8 Å². The summed E-state index contributed by atoms with van der Waals surface area (Å²) in [6.45, 7) is 2.36. The minimum atomic E-state index is -0.348. The first-order chi connectivity index (χ1) is 13.5. The molecule has 0 aliphatic carbocycles. The average molecular weight is 392 g/mol. The topological polar surface area (TPSA) is 70.6 Å². The fourth-order valence-corrected chi connectivity index (χ4v) is 2.72. The van der Waals surface area contributed by atoms with Gasteiger partial charge in [-0.05, 0) is 66.7 Å². The van der Waals surface area contributed by atoms with Crippen LogP contribution in [0.2, 0.25) is 0 Å². The van der Waals surface area contributed by atoms with Crippen molar-refractivity contribution in [3.05, 3.63) is 89.5 Å². The maximum atomic E-state index is 12.3. The Labute approximate surface area is 169 Å². The number of carbonyl (C=O) groups is 1. The molecule has 3 rings (SSSR count). The molecule has 0 saturated carbocycles. The van der Waals surface area contributed by atoms with E-state index in [9.17, 15) is 9.90 Å². The summed E-state index contributed by atoms with van der Waals surface area (Å²) >= 11 is 5.16. The highest BCUT2D eigenvalue weighted by atomic mass is 32.1. The average Bonchev–Trinajstić information content (AvgIpc) is 2.70. The molecule has 0 unspecified atom stereocenters. The molecular weight excluding hydrogens is 372 g/mol. The van der Waals surface area contributed by atoms with Crippen LogP contribution in [0.15, 0.2) is 72.8 Å². The van der Waals surface area contributed by atoms with Gasteiger partial charge in [0.15, 0.2) is 5.11 Å². The standard InChI is InChI=1S/C22H20N2O3S/c1-15-7-12-20(25)19(13-15)23-22(28)24-21(26)17-8-10-18(11-9-17)27-14-16-5-3-2-4-6-16/h2-13,25H,14H2,1H3,(H2,23,24,26,28). The van der Waals surface area contributed by atoms with Gasteiger partial charge in [-0.1, -0.05) is 36.4 Å². The number of anilines is 1. The van der Waals surface area contributed by atoms with E-state index >= 15 is 0 Å². The van der Waals surface area contributed by atoms with Gasteiger partial charge in [0.2, 0.25) is 0 Å². The first kappa shape index (κ1) is 19.4. The van der Waals surface area contributed by atoms with E-state index in [1.54, 1.807) is 42.5 Å². The fourth-order valence-electron chi connectivity index (χ4n) is 2.52. The van der Waals surface area contributed by atoms with Crippen LogP contribution in [-0.4, -0.2) is 16.1 Å². The number of ether oxygens (including phenoxy) is 1. The monoisotopic (exact) mass is 392 g/mol. The maximum absolute atomic E-state index is 12.3. The van der Waals surface area contributed by atoms with E-state index in [1.165, 1.54) is 0 Å². The van der Waals surface area contributed by atoms with Crippen LogP contribution in [0.4, 0.5) is 5.69 Å². The predicted molar refractivity (Wildman–Crippen MR) is 114 cm³/mol. The predicted octanol–water partition coefficient (Wildman–Crippen LogP) is 4.41. The van der Waals surface area contributed by atoms with E-state index in [0.29, 0.717) is 23.6 Å². The van der Waals surface area contributed by atoms with Gasteiger partial charge in [0.05, 0.1) is 5.69 Å². The number of aryl methyl sites for hydroxylation is 1. The Morgan fingerprint density at radius 3 is 2.46 bits per heavy atom. The molecule has 0 heterocycles.